The molecule has 0 saturated carbocycles. The van der Waals surface area contributed by atoms with Crippen LogP contribution in [0.3, 0.4) is 0 Å². The van der Waals surface area contributed by atoms with Crippen LogP contribution in [0.1, 0.15) is 36.4 Å². The summed E-state index contributed by atoms with van der Waals surface area (Å²) in [5, 5.41) is 10.3. The molecule has 0 aliphatic rings. The van der Waals surface area contributed by atoms with Crippen molar-refractivity contribution in [3.63, 3.8) is 0 Å². The lowest BCUT2D eigenvalue weighted by Gasteiger charge is -2.25. The number of aromatic nitrogens is 1. The van der Waals surface area contributed by atoms with E-state index in [1.54, 1.807) is 13.8 Å². The van der Waals surface area contributed by atoms with Gasteiger partial charge in [-0.3, -0.25) is 0 Å². The maximum Gasteiger partial charge on any atom is 0.124 e. The topological polar surface area (TPSA) is 25.2 Å². The first-order chi connectivity index (χ1) is 8.71. The van der Waals surface area contributed by atoms with Gasteiger partial charge in [-0.05, 0) is 64.4 Å². The fourth-order valence-electron chi connectivity index (χ4n) is 2.52. The van der Waals surface area contributed by atoms with E-state index in [2.05, 4.69) is 4.57 Å². The third-order valence-electron chi connectivity index (χ3n) is 3.42. The lowest BCUT2D eigenvalue weighted by molar-refractivity contribution is 0.0781. The molecule has 0 unspecified atom stereocenters. The van der Waals surface area contributed by atoms with Crippen LogP contribution in [-0.2, 0) is 5.60 Å². The van der Waals surface area contributed by atoms with Gasteiger partial charge in [0.2, 0.25) is 0 Å². The Morgan fingerprint density at radius 3 is 2.05 bits per heavy atom. The zero-order valence-electron chi connectivity index (χ0n) is 12.1. The van der Waals surface area contributed by atoms with Gasteiger partial charge in [-0.15, -0.1) is 0 Å². The molecule has 0 aliphatic carbocycles. The molecule has 0 radical (unpaired) electrons. The summed E-state index contributed by atoms with van der Waals surface area (Å²) in [6, 6.07) is 6.96. The molecule has 1 aromatic carbocycles. The molecule has 3 heteroatoms. The molecular weight excluding hydrogens is 241 g/mol. The average Bonchev–Trinajstić information content (AvgIpc) is 2.57. The zero-order valence-corrected chi connectivity index (χ0v) is 12.1. The van der Waals surface area contributed by atoms with Gasteiger partial charge in [0.1, 0.15) is 5.82 Å². The molecule has 0 amide bonds. The number of hydrogen-bond acceptors (Lipinski definition) is 1. The van der Waals surface area contributed by atoms with Crippen LogP contribution >= 0.6 is 0 Å². The first kappa shape index (κ1) is 13.8. The summed E-state index contributed by atoms with van der Waals surface area (Å²) < 4.78 is 15.7. The molecule has 2 nitrogen and oxygen atoms in total. The normalized spacial score (nSPS) is 11.9. The molecule has 102 valence electrons. The van der Waals surface area contributed by atoms with Gasteiger partial charge in [0.15, 0.2) is 0 Å². The summed E-state index contributed by atoms with van der Waals surface area (Å²) in [6.45, 7) is 9.23. The number of aliphatic hydroxyl groups is 1. The third-order valence-corrected chi connectivity index (χ3v) is 3.42. The number of aryl methyl sites for hydroxylation is 3. The molecule has 0 bridgehead atoms. The van der Waals surface area contributed by atoms with Crippen molar-refractivity contribution in [3.05, 3.63) is 52.6 Å². The van der Waals surface area contributed by atoms with Gasteiger partial charge in [-0.1, -0.05) is 0 Å². The minimum absolute atomic E-state index is 0.319. The fourth-order valence-corrected chi connectivity index (χ4v) is 2.52. The first-order valence-corrected chi connectivity index (χ1v) is 6.40. The molecular formula is C16H20FNO. The first-order valence-electron chi connectivity index (χ1n) is 6.40. The van der Waals surface area contributed by atoms with Crippen LogP contribution in [0.2, 0.25) is 0 Å². The second-order valence-electron chi connectivity index (χ2n) is 5.63. The predicted molar refractivity (Wildman–Crippen MR) is 75.2 cm³/mol. The summed E-state index contributed by atoms with van der Waals surface area (Å²) in [4.78, 5) is 0. The number of hydrogen-bond donors (Lipinski definition) is 1. The maximum atomic E-state index is 13.7. The minimum Gasteiger partial charge on any atom is -0.386 e. The van der Waals surface area contributed by atoms with Crippen LogP contribution in [0.4, 0.5) is 4.39 Å². The minimum atomic E-state index is -1.09. The largest absolute Gasteiger partial charge is 0.386 e. The van der Waals surface area contributed by atoms with Crippen LogP contribution in [0, 0.1) is 26.6 Å². The SMILES string of the molecule is Cc1cc(F)cc(C(C)(C)O)c1-n1c(C)ccc1C. The van der Waals surface area contributed by atoms with Crippen LogP contribution in [0.15, 0.2) is 24.3 Å². The van der Waals surface area contributed by atoms with Crippen molar-refractivity contribution in [2.45, 2.75) is 40.2 Å². The van der Waals surface area contributed by atoms with Crippen molar-refractivity contribution in [3.8, 4) is 5.69 Å². The van der Waals surface area contributed by atoms with E-state index in [0.717, 1.165) is 22.6 Å². The van der Waals surface area contributed by atoms with Gasteiger partial charge >= 0.3 is 0 Å². The van der Waals surface area contributed by atoms with Gasteiger partial charge in [0.25, 0.3) is 0 Å². The van der Waals surface area contributed by atoms with E-state index < -0.39 is 5.60 Å². The lowest BCUT2D eigenvalue weighted by atomic mass is 9.93. The average molecular weight is 261 g/mol. The number of benzene rings is 1. The lowest BCUT2D eigenvalue weighted by Crippen LogP contribution is -2.20. The Bertz CT molecular complexity index is 601. The van der Waals surface area contributed by atoms with Gasteiger partial charge in [0, 0.05) is 17.0 Å². The number of rotatable bonds is 2. The molecule has 0 saturated heterocycles. The van der Waals surface area contributed by atoms with Crippen molar-refractivity contribution in [1.29, 1.82) is 0 Å². The van der Waals surface area contributed by atoms with Crippen LogP contribution in [0.5, 0.6) is 0 Å². The molecule has 1 aromatic heterocycles. The van der Waals surface area contributed by atoms with Crippen molar-refractivity contribution < 1.29 is 9.50 Å². The summed E-state index contributed by atoms with van der Waals surface area (Å²) in [7, 11) is 0. The van der Waals surface area contributed by atoms with Crippen molar-refractivity contribution in [2.75, 3.05) is 0 Å². The number of nitrogens with zero attached hydrogens (tertiary/aromatic N) is 1. The highest BCUT2D eigenvalue weighted by Crippen LogP contribution is 2.32. The Morgan fingerprint density at radius 1 is 1.05 bits per heavy atom. The Kier molecular flexibility index (Phi) is 3.27. The van der Waals surface area contributed by atoms with Crippen LogP contribution in [0.25, 0.3) is 5.69 Å². The monoisotopic (exact) mass is 261 g/mol. The molecule has 1 heterocycles. The standard InChI is InChI=1S/C16H20FNO/c1-10-8-13(17)9-14(16(4,5)19)15(10)18-11(2)6-7-12(18)3/h6-9,19H,1-5H3. The quantitative estimate of drug-likeness (QED) is 0.874. The van der Waals surface area contributed by atoms with E-state index in [-0.39, 0.29) is 5.82 Å². The molecule has 19 heavy (non-hydrogen) atoms. The Balaban J connectivity index is 2.83. The fraction of sp³-hybridized carbons (Fsp3) is 0.375. The van der Waals surface area contributed by atoms with E-state index in [1.165, 1.54) is 12.1 Å². The van der Waals surface area contributed by atoms with E-state index >= 15 is 0 Å². The molecule has 2 rings (SSSR count). The second-order valence-corrected chi connectivity index (χ2v) is 5.63. The van der Waals surface area contributed by atoms with E-state index in [1.807, 2.05) is 32.9 Å². The molecule has 1 N–H and O–H groups in total. The Morgan fingerprint density at radius 2 is 1.58 bits per heavy atom. The van der Waals surface area contributed by atoms with Gasteiger partial charge < -0.3 is 9.67 Å². The van der Waals surface area contributed by atoms with Gasteiger partial charge in [-0.25, -0.2) is 4.39 Å². The smallest absolute Gasteiger partial charge is 0.124 e. The van der Waals surface area contributed by atoms with E-state index in [9.17, 15) is 9.50 Å². The van der Waals surface area contributed by atoms with Gasteiger partial charge in [-0.2, -0.15) is 0 Å². The summed E-state index contributed by atoms with van der Waals surface area (Å²) in [5.74, 6) is -0.319. The maximum absolute atomic E-state index is 13.7. The zero-order chi connectivity index (χ0) is 14.4. The van der Waals surface area contributed by atoms with Crippen LogP contribution in [-0.4, -0.2) is 9.67 Å². The molecule has 0 fully saturated rings. The predicted octanol–water partition coefficient (Wildman–Crippen LogP) is 3.77. The summed E-state index contributed by atoms with van der Waals surface area (Å²) >= 11 is 0. The van der Waals surface area contributed by atoms with Gasteiger partial charge in [0.05, 0.1) is 11.3 Å². The number of halogens is 1. The van der Waals surface area contributed by atoms with Crippen LogP contribution < -0.4 is 0 Å². The highest BCUT2D eigenvalue weighted by molar-refractivity contribution is 5.52. The molecule has 0 aliphatic heterocycles. The molecule has 0 spiro atoms. The highest BCUT2D eigenvalue weighted by atomic mass is 19.1. The highest BCUT2D eigenvalue weighted by Gasteiger charge is 2.24. The molecule has 2 aromatic rings. The van der Waals surface area contributed by atoms with E-state index in [4.69, 9.17) is 0 Å². The van der Waals surface area contributed by atoms with Crippen molar-refractivity contribution in [1.82, 2.24) is 4.57 Å². The Labute approximate surface area is 113 Å². The summed E-state index contributed by atoms with van der Waals surface area (Å²) in [5.41, 5.74) is 3.34. The van der Waals surface area contributed by atoms with Crippen molar-refractivity contribution >= 4 is 0 Å². The van der Waals surface area contributed by atoms with E-state index in [0.29, 0.717) is 5.56 Å². The summed E-state index contributed by atoms with van der Waals surface area (Å²) in [6.07, 6.45) is 0. The second kappa shape index (κ2) is 4.49. The molecule has 0 atom stereocenters. The Hall–Kier alpha value is -1.61. The third kappa shape index (κ3) is 2.43. The van der Waals surface area contributed by atoms with Crippen molar-refractivity contribution in [2.24, 2.45) is 0 Å².